The van der Waals surface area contributed by atoms with Gasteiger partial charge in [-0.05, 0) is 45.6 Å². The Morgan fingerprint density at radius 1 is 1.14 bits per heavy atom. The number of likely N-dealkylation sites (tertiary alicyclic amines) is 2. The number of hydrogen-bond acceptors (Lipinski definition) is 3. The lowest BCUT2D eigenvalue weighted by atomic mass is 9.98. The molecule has 0 aromatic heterocycles. The van der Waals surface area contributed by atoms with Crippen LogP contribution in [0.4, 0.5) is 0 Å². The third-order valence-electron chi connectivity index (χ3n) is 4.71. The second-order valence-electron chi connectivity index (χ2n) is 6.26. The topological polar surface area (TPSA) is 52.7 Å². The van der Waals surface area contributed by atoms with Gasteiger partial charge in [0.05, 0.1) is 0 Å². The fourth-order valence-electron chi connectivity index (χ4n) is 3.47. The summed E-state index contributed by atoms with van der Waals surface area (Å²) in [6.07, 6.45) is 6.49. The lowest BCUT2D eigenvalue weighted by molar-refractivity contribution is -0.148. The van der Waals surface area contributed by atoms with E-state index in [1.54, 1.807) is 0 Å². The van der Waals surface area contributed by atoms with Crippen molar-refractivity contribution in [1.29, 1.82) is 0 Å². The number of nitrogens with one attached hydrogen (secondary N) is 1. The van der Waals surface area contributed by atoms with Gasteiger partial charge in [0.2, 0.25) is 11.8 Å². The van der Waals surface area contributed by atoms with Crippen LogP contribution in [0.5, 0.6) is 0 Å². The van der Waals surface area contributed by atoms with Crippen LogP contribution in [0, 0.1) is 0 Å². The van der Waals surface area contributed by atoms with Crippen LogP contribution in [-0.4, -0.2) is 60.4 Å². The monoisotopic (exact) mass is 295 g/mol. The zero-order valence-electron chi connectivity index (χ0n) is 13.4. The van der Waals surface area contributed by atoms with Crippen LogP contribution < -0.4 is 5.32 Å². The molecule has 2 fully saturated rings. The first-order valence-electron chi connectivity index (χ1n) is 8.43. The Balaban J connectivity index is 2.02. The third kappa shape index (κ3) is 3.96. The van der Waals surface area contributed by atoms with Gasteiger partial charge in [-0.2, -0.15) is 0 Å². The third-order valence-corrected chi connectivity index (χ3v) is 4.71. The van der Waals surface area contributed by atoms with Crippen molar-refractivity contribution in [2.75, 3.05) is 26.7 Å². The molecule has 2 heterocycles. The Morgan fingerprint density at radius 2 is 1.95 bits per heavy atom. The lowest BCUT2D eigenvalue weighted by Crippen LogP contribution is -2.56. The molecule has 0 radical (unpaired) electrons. The van der Waals surface area contributed by atoms with E-state index in [1.807, 2.05) is 23.8 Å². The number of hydrogen-bond donors (Lipinski definition) is 1. The molecule has 0 bridgehead atoms. The Hall–Kier alpha value is -1.10. The van der Waals surface area contributed by atoms with Gasteiger partial charge < -0.3 is 15.1 Å². The summed E-state index contributed by atoms with van der Waals surface area (Å²) in [5.74, 6) is 0.317. The molecule has 2 aliphatic rings. The first-order chi connectivity index (χ1) is 10.2. The second-order valence-corrected chi connectivity index (χ2v) is 6.26. The van der Waals surface area contributed by atoms with Gasteiger partial charge in [-0.3, -0.25) is 9.59 Å². The molecular weight excluding hydrogens is 266 g/mol. The number of carbonyl (C=O) groups excluding carboxylic acids is 2. The van der Waals surface area contributed by atoms with Crippen molar-refractivity contribution in [3.05, 3.63) is 0 Å². The van der Waals surface area contributed by atoms with Crippen molar-refractivity contribution in [1.82, 2.24) is 15.1 Å². The number of carbonyl (C=O) groups is 2. The van der Waals surface area contributed by atoms with Gasteiger partial charge in [-0.15, -0.1) is 0 Å². The molecule has 0 saturated carbocycles. The molecule has 2 rings (SSSR count). The molecule has 5 heteroatoms. The highest BCUT2D eigenvalue weighted by Crippen LogP contribution is 2.22. The minimum atomic E-state index is -0.214. The predicted octanol–water partition coefficient (Wildman–Crippen LogP) is 1.38. The summed E-state index contributed by atoms with van der Waals surface area (Å²) in [5.41, 5.74) is 0. The largest absolute Gasteiger partial charge is 0.339 e. The smallest absolute Gasteiger partial charge is 0.245 e. The van der Waals surface area contributed by atoms with Crippen molar-refractivity contribution >= 4 is 11.8 Å². The molecule has 21 heavy (non-hydrogen) atoms. The molecule has 1 N–H and O–H groups in total. The molecule has 0 aliphatic carbocycles. The summed E-state index contributed by atoms with van der Waals surface area (Å²) < 4.78 is 0. The van der Waals surface area contributed by atoms with Crippen LogP contribution in [0.3, 0.4) is 0 Å². The highest BCUT2D eigenvalue weighted by molar-refractivity contribution is 5.88. The Bertz CT molecular complexity index is 373. The molecule has 0 aromatic rings. The van der Waals surface area contributed by atoms with E-state index < -0.39 is 0 Å². The maximum atomic E-state index is 12.8. The van der Waals surface area contributed by atoms with Crippen molar-refractivity contribution in [3.8, 4) is 0 Å². The SMILES string of the molecule is CCCC(=O)N1CCCCC1C(=O)N1CCCC(NC)C1. The van der Waals surface area contributed by atoms with Crippen molar-refractivity contribution < 1.29 is 9.59 Å². The maximum absolute atomic E-state index is 12.8. The Morgan fingerprint density at radius 3 is 2.67 bits per heavy atom. The van der Waals surface area contributed by atoms with E-state index in [0.29, 0.717) is 12.5 Å². The van der Waals surface area contributed by atoms with E-state index in [0.717, 1.165) is 58.2 Å². The number of piperidine rings is 2. The molecule has 5 nitrogen and oxygen atoms in total. The summed E-state index contributed by atoms with van der Waals surface area (Å²) in [4.78, 5) is 28.9. The molecule has 0 spiro atoms. The fraction of sp³-hybridized carbons (Fsp3) is 0.875. The zero-order valence-corrected chi connectivity index (χ0v) is 13.4. The van der Waals surface area contributed by atoms with E-state index in [9.17, 15) is 9.59 Å². The van der Waals surface area contributed by atoms with Crippen LogP contribution in [0.1, 0.15) is 51.9 Å². The van der Waals surface area contributed by atoms with Gasteiger partial charge >= 0.3 is 0 Å². The van der Waals surface area contributed by atoms with E-state index in [-0.39, 0.29) is 17.9 Å². The van der Waals surface area contributed by atoms with E-state index in [4.69, 9.17) is 0 Å². The maximum Gasteiger partial charge on any atom is 0.245 e. The first kappa shape index (κ1) is 16.3. The number of nitrogens with zero attached hydrogens (tertiary/aromatic N) is 2. The average Bonchev–Trinajstić information content (AvgIpc) is 2.54. The summed E-state index contributed by atoms with van der Waals surface area (Å²) in [6.45, 7) is 4.38. The van der Waals surface area contributed by atoms with Crippen molar-refractivity contribution in [2.45, 2.75) is 64.0 Å². The highest BCUT2D eigenvalue weighted by Gasteiger charge is 2.35. The van der Waals surface area contributed by atoms with Gasteiger partial charge in [-0.1, -0.05) is 6.92 Å². The molecule has 2 unspecified atom stereocenters. The van der Waals surface area contributed by atoms with E-state index in [1.165, 1.54) is 0 Å². The fourth-order valence-corrected chi connectivity index (χ4v) is 3.47. The molecule has 120 valence electrons. The summed E-state index contributed by atoms with van der Waals surface area (Å²) >= 11 is 0. The van der Waals surface area contributed by atoms with Crippen LogP contribution >= 0.6 is 0 Å². The van der Waals surface area contributed by atoms with Gasteiger partial charge in [0.15, 0.2) is 0 Å². The predicted molar refractivity (Wildman–Crippen MR) is 82.9 cm³/mol. The van der Waals surface area contributed by atoms with Gasteiger partial charge in [0, 0.05) is 32.1 Å². The number of rotatable bonds is 4. The summed E-state index contributed by atoms with van der Waals surface area (Å²) in [7, 11) is 1.95. The summed E-state index contributed by atoms with van der Waals surface area (Å²) in [6, 6.07) is 0.180. The zero-order chi connectivity index (χ0) is 15.2. The van der Waals surface area contributed by atoms with Gasteiger partial charge in [0.1, 0.15) is 6.04 Å². The molecule has 2 atom stereocenters. The van der Waals surface area contributed by atoms with Crippen molar-refractivity contribution in [2.24, 2.45) is 0 Å². The first-order valence-corrected chi connectivity index (χ1v) is 8.43. The summed E-state index contributed by atoms with van der Waals surface area (Å²) in [5, 5.41) is 3.27. The van der Waals surface area contributed by atoms with Crippen LogP contribution in [0.2, 0.25) is 0 Å². The second kappa shape index (κ2) is 7.78. The standard InChI is InChI=1S/C16H29N3O2/c1-3-7-15(20)19-11-5-4-9-14(19)16(21)18-10-6-8-13(12-18)17-2/h13-14,17H,3-12H2,1-2H3. The van der Waals surface area contributed by atoms with Crippen LogP contribution in [0.25, 0.3) is 0 Å². The van der Waals surface area contributed by atoms with E-state index in [2.05, 4.69) is 5.32 Å². The normalized spacial score (nSPS) is 26.8. The van der Waals surface area contributed by atoms with E-state index >= 15 is 0 Å². The van der Waals surface area contributed by atoms with Crippen LogP contribution in [-0.2, 0) is 9.59 Å². The molecule has 0 aromatic carbocycles. The lowest BCUT2D eigenvalue weighted by Gasteiger charge is -2.40. The minimum absolute atomic E-state index is 0.151. The molecular formula is C16H29N3O2. The van der Waals surface area contributed by atoms with Crippen LogP contribution in [0.15, 0.2) is 0 Å². The molecule has 2 amide bonds. The molecule has 2 saturated heterocycles. The van der Waals surface area contributed by atoms with Gasteiger partial charge in [-0.25, -0.2) is 0 Å². The Kier molecular flexibility index (Phi) is 6.03. The van der Waals surface area contributed by atoms with Crippen molar-refractivity contribution in [3.63, 3.8) is 0 Å². The minimum Gasteiger partial charge on any atom is -0.339 e. The Labute approximate surface area is 128 Å². The highest BCUT2D eigenvalue weighted by atomic mass is 16.2. The van der Waals surface area contributed by atoms with Gasteiger partial charge in [0.25, 0.3) is 0 Å². The number of amides is 2. The average molecular weight is 295 g/mol. The number of likely N-dealkylation sites (N-methyl/N-ethyl adjacent to an activating group) is 1. The quantitative estimate of drug-likeness (QED) is 0.852. The molecule has 2 aliphatic heterocycles.